The molecule has 114 valence electrons. The molecule has 1 aliphatic rings. The molecule has 6 nitrogen and oxygen atoms in total. The van der Waals surface area contributed by atoms with E-state index >= 15 is 0 Å². The van der Waals surface area contributed by atoms with E-state index < -0.39 is 5.97 Å². The van der Waals surface area contributed by atoms with Crippen molar-refractivity contribution in [3.05, 3.63) is 5.69 Å². The molecule has 2 aromatic rings. The molecule has 1 fully saturated rings. The highest BCUT2D eigenvalue weighted by Gasteiger charge is 2.32. The molecule has 0 atom stereocenters. The summed E-state index contributed by atoms with van der Waals surface area (Å²) in [6.07, 6.45) is 2.25. The lowest BCUT2D eigenvalue weighted by atomic mass is 9.82. The first-order valence-electron chi connectivity index (χ1n) is 7.31. The standard InChI is InChI=1S/C14H20N4O2S/c1-4-17-13-12(9(3)16-17)15-14(21-7-11(19)20)18(13)10-5-8(2)6-10/h8,10H,4-7H2,1-3H3,(H,19,20). The van der Waals surface area contributed by atoms with Gasteiger partial charge in [-0.05, 0) is 32.6 Å². The van der Waals surface area contributed by atoms with Gasteiger partial charge in [0, 0.05) is 12.6 Å². The van der Waals surface area contributed by atoms with Gasteiger partial charge < -0.3 is 9.67 Å². The average molecular weight is 308 g/mol. The number of rotatable bonds is 5. The van der Waals surface area contributed by atoms with Gasteiger partial charge in [-0.2, -0.15) is 5.10 Å². The van der Waals surface area contributed by atoms with Crippen LogP contribution < -0.4 is 0 Å². The Kier molecular flexibility index (Phi) is 3.69. The number of carbonyl (C=O) groups is 1. The van der Waals surface area contributed by atoms with Gasteiger partial charge in [-0.3, -0.25) is 4.79 Å². The highest BCUT2D eigenvalue weighted by Crippen LogP contribution is 2.42. The zero-order valence-electron chi connectivity index (χ0n) is 12.5. The summed E-state index contributed by atoms with van der Waals surface area (Å²) in [5, 5.41) is 14.3. The van der Waals surface area contributed by atoms with Gasteiger partial charge in [0.1, 0.15) is 5.52 Å². The topological polar surface area (TPSA) is 72.9 Å². The van der Waals surface area contributed by atoms with Gasteiger partial charge in [0.05, 0.1) is 11.4 Å². The number of imidazole rings is 1. The van der Waals surface area contributed by atoms with E-state index in [9.17, 15) is 4.79 Å². The molecular weight excluding hydrogens is 288 g/mol. The number of aryl methyl sites for hydroxylation is 2. The van der Waals surface area contributed by atoms with Crippen LogP contribution in [0.5, 0.6) is 0 Å². The van der Waals surface area contributed by atoms with E-state index in [0.717, 1.165) is 47.3 Å². The van der Waals surface area contributed by atoms with E-state index in [4.69, 9.17) is 5.11 Å². The third-order valence-electron chi connectivity index (χ3n) is 4.05. The Morgan fingerprint density at radius 1 is 1.48 bits per heavy atom. The molecule has 0 amide bonds. The summed E-state index contributed by atoms with van der Waals surface area (Å²) in [4.78, 5) is 15.5. The van der Waals surface area contributed by atoms with Crippen molar-refractivity contribution in [1.29, 1.82) is 0 Å². The second kappa shape index (κ2) is 5.36. The predicted molar refractivity (Wildman–Crippen MR) is 81.7 cm³/mol. The number of nitrogens with zero attached hydrogens (tertiary/aromatic N) is 4. The molecule has 2 heterocycles. The maximum absolute atomic E-state index is 10.9. The van der Waals surface area contributed by atoms with Crippen LogP contribution in [0.15, 0.2) is 5.16 Å². The molecule has 0 bridgehead atoms. The fourth-order valence-electron chi connectivity index (χ4n) is 3.02. The summed E-state index contributed by atoms with van der Waals surface area (Å²) in [5.74, 6) is -0.0428. The Balaban J connectivity index is 2.08. The monoisotopic (exact) mass is 308 g/mol. The normalized spacial score (nSPS) is 21.7. The number of aliphatic carboxylic acids is 1. The van der Waals surface area contributed by atoms with Crippen LogP contribution >= 0.6 is 11.8 Å². The smallest absolute Gasteiger partial charge is 0.313 e. The van der Waals surface area contributed by atoms with Crippen molar-refractivity contribution in [3.8, 4) is 0 Å². The summed E-state index contributed by atoms with van der Waals surface area (Å²) >= 11 is 1.30. The number of hydrogen-bond acceptors (Lipinski definition) is 4. The Hall–Kier alpha value is -1.50. The molecule has 0 saturated heterocycles. The van der Waals surface area contributed by atoms with Gasteiger partial charge in [0.2, 0.25) is 0 Å². The van der Waals surface area contributed by atoms with Crippen LogP contribution in [0, 0.1) is 12.8 Å². The first kappa shape index (κ1) is 14.4. The van der Waals surface area contributed by atoms with Gasteiger partial charge in [-0.1, -0.05) is 18.7 Å². The minimum absolute atomic E-state index is 0.0421. The Bertz CT molecular complexity index is 685. The summed E-state index contributed by atoms with van der Waals surface area (Å²) < 4.78 is 4.19. The largest absolute Gasteiger partial charge is 0.481 e. The van der Waals surface area contributed by atoms with Crippen molar-refractivity contribution >= 4 is 28.9 Å². The van der Waals surface area contributed by atoms with E-state index in [1.54, 1.807) is 0 Å². The van der Waals surface area contributed by atoms with Gasteiger partial charge in [-0.15, -0.1) is 0 Å². The van der Waals surface area contributed by atoms with Crippen LogP contribution in [-0.4, -0.2) is 36.2 Å². The average Bonchev–Trinajstić information content (AvgIpc) is 2.91. The number of carboxylic acid groups (broad SMARTS) is 1. The van der Waals surface area contributed by atoms with E-state index in [1.165, 1.54) is 11.8 Å². The zero-order valence-corrected chi connectivity index (χ0v) is 13.4. The van der Waals surface area contributed by atoms with E-state index in [0.29, 0.717) is 6.04 Å². The Morgan fingerprint density at radius 2 is 2.19 bits per heavy atom. The van der Waals surface area contributed by atoms with E-state index in [2.05, 4.69) is 28.5 Å². The second-order valence-corrected chi connectivity index (χ2v) is 6.69. The Labute approximate surface area is 127 Å². The third-order valence-corrected chi connectivity index (χ3v) is 4.99. The summed E-state index contributed by atoms with van der Waals surface area (Å²) in [6, 6.07) is 0.419. The van der Waals surface area contributed by atoms with Gasteiger partial charge >= 0.3 is 5.97 Å². The first-order valence-corrected chi connectivity index (χ1v) is 8.29. The molecule has 1 N–H and O–H groups in total. The number of fused-ring (bicyclic) bond motifs is 1. The van der Waals surface area contributed by atoms with Crippen LogP contribution in [0.4, 0.5) is 0 Å². The summed E-state index contributed by atoms with van der Waals surface area (Å²) in [7, 11) is 0. The lowest BCUT2D eigenvalue weighted by Crippen LogP contribution is -2.26. The summed E-state index contributed by atoms with van der Waals surface area (Å²) in [5.41, 5.74) is 2.86. The first-order chi connectivity index (χ1) is 10.0. The molecule has 0 spiro atoms. The molecular formula is C14H20N4O2S. The zero-order chi connectivity index (χ0) is 15.1. The molecule has 21 heavy (non-hydrogen) atoms. The molecule has 1 saturated carbocycles. The highest BCUT2D eigenvalue weighted by molar-refractivity contribution is 7.99. The Morgan fingerprint density at radius 3 is 2.76 bits per heavy atom. The number of carboxylic acids is 1. The van der Waals surface area contributed by atoms with E-state index in [-0.39, 0.29) is 5.75 Å². The van der Waals surface area contributed by atoms with Crippen molar-refractivity contribution < 1.29 is 9.90 Å². The van der Waals surface area contributed by atoms with Crippen LogP contribution in [0.3, 0.4) is 0 Å². The molecule has 3 rings (SSSR count). The van der Waals surface area contributed by atoms with Gasteiger partial charge in [0.15, 0.2) is 10.8 Å². The highest BCUT2D eigenvalue weighted by atomic mass is 32.2. The minimum atomic E-state index is -0.811. The van der Waals surface area contributed by atoms with Crippen LogP contribution in [0.25, 0.3) is 11.2 Å². The molecule has 0 radical (unpaired) electrons. The molecule has 0 unspecified atom stereocenters. The molecule has 1 aliphatic carbocycles. The minimum Gasteiger partial charge on any atom is -0.481 e. The van der Waals surface area contributed by atoms with Crippen LogP contribution in [0.1, 0.15) is 38.4 Å². The van der Waals surface area contributed by atoms with Crippen molar-refractivity contribution in [1.82, 2.24) is 19.3 Å². The third kappa shape index (κ3) is 2.43. The van der Waals surface area contributed by atoms with Crippen LogP contribution in [-0.2, 0) is 11.3 Å². The quantitative estimate of drug-likeness (QED) is 0.860. The second-order valence-electron chi connectivity index (χ2n) is 5.75. The fourth-order valence-corrected chi connectivity index (χ4v) is 3.80. The molecule has 2 aromatic heterocycles. The lowest BCUT2D eigenvalue weighted by Gasteiger charge is -2.34. The van der Waals surface area contributed by atoms with Crippen molar-refractivity contribution in [2.75, 3.05) is 5.75 Å². The molecule has 0 aromatic carbocycles. The van der Waals surface area contributed by atoms with Gasteiger partial charge in [0.25, 0.3) is 0 Å². The maximum Gasteiger partial charge on any atom is 0.313 e. The fraction of sp³-hybridized carbons (Fsp3) is 0.643. The SMILES string of the molecule is CCn1nc(C)c2nc(SCC(=O)O)n(C3CC(C)C3)c21. The van der Waals surface area contributed by atoms with Crippen molar-refractivity contribution in [3.63, 3.8) is 0 Å². The van der Waals surface area contributed by atoms with Crippen molar-refractivity contribution in [2.45, 2.75) is 51.4 Å². The maximum atomic E-state index is 10.9. The number of hydrogen-bond donors (Lipinski definition) is 1. The summed E-state index contributed by atoms with van der Waals surface area (Å²) in [6.45, 7) is 7.07. The number of thioether (sulfide) groups is 1. The predicted octanol–water partition coefficient (Wildman–Crippen LogP) is 2.71. The molecule has 7 heteroatoms. The van der Waals surface area contributed by atoms with Crippen molar-refractivity contribution in [2.24, 2.45) is 5.92 Å². The van der Waals surface area contributed by atoms with E-state index in [1.807, 2.05) is 11.6 Å². The molecule has 0 aliphatic heterocycles. The lowest BCUT2D eigenvalue weighted by molar-refractivity contribution is -0.133. The van der Waals surface area contributed by atoms with Gasteiger partial charge in [-0.25, -0.2) is 9.67 Å². The van der Waals surface area contributed by atoms with Crippen LogP contribution in [0.2, 0.25) is 0 Å². The number of aromatic nitrogens is 4.